The van der Waals surface area contributed by atoms with Crippen LogP contribution < -0.4 is 10.6 Å². The van der Waals surface area contributed by atoms with Crippen molar-refractivity contribution in [3.8, 4) is 11.3 Å². The van der Waals surface area contributed by atoms with Crippen molar-refractivity contribution in [3.05, 3.63) is 47.2 Å². The van der Waals surface area contributed by atoms with E-state index in [4.69, 9.17) is 16.0 Å². The first-order chi connectivity index (χ1) is 9.74. The van der Waals surface area contributed by atoms with Gasteiger partial charge in [0.1, 0.15) is 5.76 Å². The van der Waals surface area contributed by atoms with Gasteiger partial charge in [0.05, 0.1) is 5.02 Å². The summed E-state index contributed by atoms with van der Waals surface area (Å²) in [6.45, 7) is 1.75. The van der Waals surface area contributed by atoms with Gasteiger partial charge in [0.25, 0.3) is 5.91 Å². The van der Waals surface area contributed by atoms with Crippen molar-refractivity contribution < 1.29 is 9.21 Å². The molecule has 1 atom stereocenters. The maximum absolute atomic E-state index is 12.1. The maximum atomic E-state index is 12.1. The van der Waals surface area contributed by atoms with E-state index >= 15 is 0 Å². The van der Waals surface area contributed by atoms with E-state index in [-0.39, 0.29) is 11.9 Å². The summed E-state index contributed by atoms with van der Waals surface area (Å²) < 4.78 is 5.61. The number of benzene rings is 1. The van der Waals surface area contributed by atoms with E-state index < -0.39 is 0 Å². The fourth-order valence-electron chi connectivity index (χ4n) is 2.30. The minimum atomic E-state index is -0.183. The summed E-state index contributed by atoms with van der Waals surface area (Å²) in [6.07, 6.45) is 0.948. The van der Waals surface area contributed by atoms with Gasteiger partial charge in [0, 0.05) is 18.2 Å². The summed E-state index contributed by atoms with van der Waals surface area (Å²) in [6, 6.07) is 11.0. The Labute approximate surface area is 122 Å². The highest BCUT2D eigenvalue weighted by Crippen LogP contribution is 2.29. The molecule has 2 aromatic rings. The van der Waals surface area contributed by atoms with E-state index in [0.29, 0.717) is 16.5 Å². The molecule has 0 spiro atoms. The number of amides is 1. The number of rotatable bonds is 3. The highest BCUT2D eigenvalue weighted by Gasteiger charge is 2.20. The second-order valence-corrected chi connectivity index (χ2v) is 5.21. The summed E-state index contributed by atoms with van der Waals surface area (Å²) in [4.78, 5) is 12.1. The lowest BCUT2D eigenvalue weighted by atomic mass is 10.2. The second kappa shape index (κ2) is 5.69. The van der Waals surface area contributed by atoms with E-state index in [2.05, 4.69) is 10.6 Å². The van der Waals surface area contributed by atoms with Crippen molar-refractivity contribution in [2.75, 3.05) is 13.1 Å². The summed E-state index contributed by atoms with van der Waals surface area (Å²) >= 11 is 6.12. The zero-order chi connectivity index (χ0) is 13.9. The molecule has 20 heavy (non-hydrogen) atoms. The van der Waals surface area contributed by atoms with Crippen molar-refractivity contribution in [1.82, 2.24) is 10.6 Å². The van der Waals surface area contributed by atoms with Crippen LogP contribution in [0.1, 0.15) is 17.0 Å². The fraction of sp³-hybridized carbons (Fsp3) is 0.267. The minimum Gasteiger partial charge on any atom is -0.451 e. The Morgan fingerprint density at radius 1 is 1.30 bits per heavy atom. The molecule has 1 fully saturated rings. The lowest BCUT2D eigenvalue weighted by Crippen LogP contribution is -2.35. The first kappa shape index (κ1) is 13.2. The van der Waals surface area contributed by atoms with E-state index in [9.17, 15) is 4.79 Å². The zero-order valence-corrected chi connectivity index (χ0v) is 11.6. The molecule has 0 bridgehead atoms. The SMILES string of the molecule is O=C(NC1CCNC1)c1ccc(-c2ccccc2Cl)o1. The molecular formula is C15H15ClN2O2. The smallest absolute Gasteiger partial charge is 0.287 e. The zero-order valence-electron chi connectivity index (χ0n) is 10.9. The third-order valence-electron chi connectivity index (χ3n) is 3.36. The fourth-order valence-corrected chi connectivity index (χ4v) is 2.53. The summed E-state index contributed by atoms with van der Waals surface area (Å²) in [5.41, 5.74) is 0.788. The van der Waals surface area contributed by atoms with Crippen LogP contribution >= 0.6 is 11.6 Å². The Balaban J connectivity index is 1.76. The Morgan fingerprint density at radius 2 is 2.15 bits per heavy atom. The average molecular weight is 291 g/mol. The Kier molecular flexibility index (Phi) is 3.76. The summed E-state index contributed by atoms with van der Waals surface area (Å²) in [5.74, 6) is 0.731. The number of hydrogen-bond acceptors (Lipinski definition) is 3. The van der Waals surface area contributed by atoms with Crippen molar-refractivity contribution in [2.24, 2.45) is 0 Å². The maximum Gasteiger partial charge on any atom is 0.287 e. The van der Waals surface area contributed by atoms with Crippen molar-refractivity contribution in [2.45, 2.75) is 12.5 Å². The molecule has 1 saturated heterocycles. The monoisotopic (exact) mass is 290 g/mol. The Morgan fingerprint density at radius 3 is 2.90 bits per heavy atom. The first-order valence-corrected chi connectivity index (χ1v) is 6.98. The lowest BCUT2D eigenvalue weighted by Gasteiger charge is -2.09. The van der Waals surface area contributed by atoms with Crippen LogP contribution in [-0.2, 0) is 0 Å². The quantitative estimate of drug-likeness (QED) is 0.914. The summed E-state index contributed by atoms with van der Waals surface area (Å²) in [7, 11) is 0. The first-order valence-electron chi connectivity index (χ1n) is 6.60. The van der Waals surface area contributed by atoms with Crippen LogP contribution in [0, 0.1) is 0 Å². The van der Waals surface area contributed by atoms with Gasteiger partial charge in [-0.1, -0.05) is 23.7 Å². The van der Waals surface area contributed by atoms with Crippen molar-refractivity contribution >= 4 is 17.5 Å². The van der Waals surface area contributed by atoms with Gasteiger partial charge >= 0.3 is 0 Å². The number of furan rings is 1. The topological polar surface area (TPSA) is 54.3 Å². The Hall–Kier alpha value is -1.78. The predicted octanol–water partition coefficient (Wildman–Crippen LogP) is 2.69. The van der Waals surface area contributed by atoms with Crippen molar-refractivity contribution in [1.29, 1.82) is 0 Å². The molecule has 1 aromatic heterocycles. The van der Waals surface area contributed by atoms with Crippen LogP contribution in [0.15, 0.2) is 40.8 Å². The molecule has 0 aliphatic carbocycles. The third-order valence-corrected chi connectivity index (χ3v) is 3.69. The molecule has 2 N–H and O–H groups in total. The molecule has 4 nitrogen and oxygen atoms in total. The van der Waals surface area contributed by atoms with Crippen LogP contribution in [-0.4, -0.2) is 25.0 Å². The van der Waals surface area contributed by atoms with E-state index in [1.165, 1.54) is 0 Å². The molecule has 104 valence electrons. The molecule has 1 amide bonds. The van der Waals surface area contributed by atoms with Gasteiger partial charge in [0.2, 0.25) is 0 Å². The van der Waals surface area contributed by atoms with Crippen LogP contribution in [0.5, 0.6) is 0 Å². The molecule has 0 radical (unpaired) electrons. The van der Waals surface area contributed by atoms with E-state index in [1.807, 2.05) is 18.2 Å². The normalized spacial score (nSPS) is 18.1. The van der Waals surface area contributed by atoms with E-state index in [1.54, 1.807) is 18.2 Å². The van der Waals surface area contributed by atoms with Gasteiger partial charge in [-0.3, -0.25) is 4.79 Å². The van der Waals surface area contributed by atoms with Gasteiger partial charge < -0.3 is 15.1 Å². The lowest BCUT2D eigenvalue weighted by molar-refractivity contribution is 0.0913. The third kappa shape index (κ3) is 2.71. The minimum absolute atomic E-state index is 0.177. The van der Waals surface area contributed by atoms with Crippen LogP contribution in [0.3, 0.4) is 0 Å². The van der Waals surface area contributed by atoms with Gasteiger partial charge in [-0.25, -0.2) is 0 Å². The number of carbonyl (C=O) groups excluding carboxylic acids is 1. The van der Waals surface area contributed by atoms with Crippen LogP contribution in [0.25, 0.3) is 11.3 Å². The molecule has 1 aliphatic rings. The number of carbonyl (C=O) groups is 1. The van der Waals surface area contributed by atoms with E-state index in [0.717, 1.165) is 25.1 Å². The standard InChI is InChI=1S/C15H15ClN2O2/c16-12-4-2-1-3-11(12)13-5-6-14(20-13)15(19)18-10-7-8-17-9-10/h1-6,10,17H,7-9H2,(H,18,19). The summed E-state index contributed by atoms with van der Waals surface area (Å²) in [5, 5.41) is 6.76. The molecule has 1 aliphatic heterocycles. The average Bonchev–Trinajstić information content (AvgIpc) is 3.10. The molecule has 3 rings (SSSR count). The highest BCUT2D eigenvalue weighted by molar-refractivity contribution is 6.33. The predicted molar refractivity (Wildman–Crippen MR) is 77.9 cm³/mol. The largest absolute Gasteiger partial charge is 0.451 e. The van der Waals surface area contributed by atoms with Gasteiger partial charge in [0.15, 0.2) is 5.76 Å². The second-order valence-electron chi connectivity index (χ2n) is 4.81. The molecular weight excluding hydrogens is 276 g/mol. The van der Waals surface area contributed by atoms with Crippen molar-refractivity contribution in [3.63, 3.8) is 0 Å². The van der Waals surface area contributed by atoms with Gasteiger partial charge in [-0.05, 0) is 37.2 Å². The van der Waals surface area contributed by atoms with Crippen LogP contribution in [0.2, 0.25) is 5.02 Å². The molecule has 0 saturated carbocycles. The molecule has 2 heterocycles. The molecule has 1 unspecified atom stereocenters. The number of hydrogen-bond donors (Lipinski definition) is 2. The van der Waals surface area contributed by atoms with Gasteiger partial charge in [-0.15, -0.1) is 0 Å². The Bertz CT molecular complexity index is 618. The highest BCUT2D eigenvalue weighted by atomic mass is 35.5. The number of halogens is 1. The molecule has 1 aromatic carbocycles. The van der Waals surface area contributed by atoms with Crippen LogP contribution in [0.4, 0.5) is 0 Å². The van der Waals surface area contributed by atoms with Gasteiger partial charge in [-0.2, -0.15) is 0 Å². The number of nitrogens with one attached hydrogen (secondary N) is 2. The molecule has 5 heteroatoms.